The van der Waals surface area contributed by atoms with Gasteiger partial charge in [0.2, 0.25) is 0 Å². The molecule has 2 fully saturated rings. The molecule has 1 aromatic heterocycles. The molecule has 170 valence electrons. The number of ether oxygens (including phenoxy) is 2. The summed E-state index contributed by atoms with van der Waals surface area (Å²) >= 11 is 0. The summed E-state index contributed by atoms with van der Waals surface area (Å²) < 4.78 is 41.2. The monoisotopic (exact) mass is 456 g/mol. The number of phosphoric ester groups is 1. The van der Waals surface area contributed by atoms with Crippen LogP contribution in [-0.2, 0) is 32.4 Å². The van der Waals surface area contributed by atoms with Gasteiger partial charge in [-0.05, 0) is 27.2 Å². The fraction of sp³-hybridized carbons (Fsp3) is 0.632. The normalized spacial score (nSPS) is 32.4. The van der Waals surface area contributed by atoms with E-state index in [-0.39, 0.29) is 38.1 Å². The van der Waals surface area contributed by atoms with Gasteiger partial charge in [-0.25, -0.2) is 9.36 Å². The Kier molecular flexibility index (Phi) is 6.88. The first kappa shape index (κ1) is 23.4. The molecule has 0 amide bonds. The van der Waals surface area contributed by atoms with Crippen molar-refractivity contribution in [3.63, 3.8) is 0 Å². The van der Waals surface area contributed by atoms with Gasteiger partial charge in [0.15, 0.2) is 6.23 Å². The molecule has 1 aromatic rings. The molecule has 0 radical (unpaired) electrons. The second kappa shape index (κ2) is 9.10. The molecule has 12 heteroatoms. The summed E-state index contributed by atoms with van der Waals surface area (Å²) in [4.78, 5) is 37.3. The maximum absolute atomic E-state index is 12.9. The molecule has 2 aliphatic heterocycles. The molecule has 0 aromatic carbocycles. The van der Waals surface area contributed by atoms with Crippen molar-refractivity contribution in [2.24, 2.45) is 5.41 Å². The lowest BCUT2D eigenvalue weighted by Crippen LogP contribution is -2.43. The Morgan fingerprint density at radius 2 is 2.23 bits per heavy atom. The van der Waals surface area contributed by atoms with Gasteiger partial charge < -0.3 is 9.47 Å². The zero-order valence-corrected chi connectivity index (χ0v) is 18.3. The Morgan fingerprint density at radius 3 is 2.87 bits per heavy atom. The SMILES string of the molecule is C#C[C@]1(C)[C@@H]2OP(=O)(OCCCC(=O)OC(C)C)OC[C@H]2O[C@H]1n1ccc(=O)[nH]c1=O. The summed E-state index contributed by atoms with van der Waals surface area (Å²) in [5.41, 5.74) is -2.48. The zero-order chi connectivity index (χ0) is 22.8. The van der Waals surface area contributed by atoms with Crippen molar-refractivity contribution in [1.29, 1.82) is 0 Å². The van der Waals surface area contributed by atoms with Gasteiger partial charge in [0.1, 0.15) is 17.6 Å². The van der Waals surface area contributed by atoms with Gasteiger partial charge >= 0.3 is 19.5 Å². The molecular weight excluding hydrogens is 431 g/mol. The van der Waals surface area contributed by atoms with Crippen molar-refractivity contribution in [2.45, 2.75) is 58.2 Å². The van der Waals surface area contributed by atoms with Crippen LogP contribution in [-0.4, -0.2) is 47.0 Å². The molecule has 1 unspecified atom stereocenters. The second-order valence-corrected chi connectivity index (χ2v) is 9.34. The first-order valence-corrected chi connectivity index (χ1v) is 11.3. The zero-order valence-electron chi connectivity index (χ0n) is 17.4. The van der Waals surface area contributed by atoms with E-state index in [0.717, 1.165) is 4.57 Å². The summed E-state index contributed by atoms with van der Waals surface area (Å²) in [7, 11) is -3.97. The van der Waals surface area contributed by atoms with E-state index < -0.39 is 42.9 Å². The van der Waals surface area contributed by atoms with Crippen LogP contribution in [0.4, 0.5) is 0 Å². The average molecular weight is 456 g/mol. The number of aromatic nitrogens is 2. The molecule has 3 rings (SSSR count). The summed E-state index contributed by atoms with van der Waals surface area (Å²) in [5.74, 6) is 2.18. The van der Waals surface area contributed by atoms with Gasteiger partial charge in [-0.15, -0.1) is 6.42 Å². The van der Waals surface area contributed by atoms with Crippen LogP contribution in [0.5, 0.6) is 0 Å². The Balaban J connectivity index is 1.69. The molecular formula is C19H25N2O9P. The van der Waals surface area contributed by atoms with E-state index in [1.54, 1.807) is 20.8 Å². The minimum Gasteiger partial charge on any atom is -0.463 e. The summed E-state index contributed by atoms with van der Waals surface area (Å²) in [5, 5.41) is 0. The van der Waals surface area contributed by atoms with Gasteiger partial charge in [-0.3, -0.25) is 32.7 Å². The van der Waals surface area contributed by atoms with Crippen LogP contribution in [0.2, 0.25) is 0 Å². The molecule has 0 aliphatic carbocycles. The number of carbonyl (C=O) groups is 1. The number of terminal acetylenes is 1. The minimum absolute atomic E-state index is 0.0572. The Hall–Kier alpha value is -2.22. The lowest BCUT2D eigenvalue weighted by Gasteiger charge is -2.35. The highest BCUT2D eigenvalue weighted by molar-refractivity contribution is 7.48. The Morgan fingerprint density at radius 1 is 1.48 bits per heavy atom. The molecule has 1 N–H and O–H groups in total. The molecule has 31 heavy (non-hydrogen) atoms. The highest BCUT2D eigenvalue weighted by Crippen LogP contribution is 2.60. The second-order valence-electron chi connectivity index (χ2n) is 7.72. The lowest BCUT2D eigenvalue weighted by molar-refractivity contribution is -0.147. The molecule has 0 saturated carbocycles. The number of rotatable bonds is 7. The third-order valence-corrected chi connectivity index (χ3v) is 6.39. The molecule has 0 spiro atoms. The van der Waals surface area contributed by atoms with Crippen molar-refractivity contribution in [3.8, 4) is 12.3 Å². The van der Waals surface area contributed by atoms with E-state index in [4.69, 9.17) is 29.5 Å². The van der Waals surface area contributed by atoms with Crippen molar-refractivity contribution < 1.29 is 32.4 Å². The number of nitrogens with one attached hydrogen (secondary N) is 1. The van der Waals surface area contributed by atoms with Gasteiger partial charge in [0.25, 0.3) is 5.56 Å². The number of hydrogen-bond acceptors (Lipinski definition) is 9. The predicted molar refractivity (Wildman–Crippen MR) is 107 cm³/mol. The van der Waals surface area contributed by atoms with Crippen molar-refractivity contribution in [2.75, 3.05) is 13.2 Å². The summed E-state index contributed by atoms with van der Waals surface area (Å²) in [6, 6.07) is 1.17. The van der Waals surface area contributed by atoms with Crippen molar-refractivity contribution in [1.82, 2.24) is 9.55 Å². The number of aromatic amines is 1. The highest BCUT2D eigenvalue weighted by Gasteiger charge is 2.60. The fourth-order valence-electron chi connectivity index (χ4n) is 3.45. The number of H-pyrrole nitrogens is 1. The Bertz CT molecular complexity index is 1030. The first-order valence-electron chi connectivity index (χ1n) is 9.79. The number of hydrogen-bond donors (Lipinski definition) is 1. The molecule has 11 nitrogen and oxygen atoms in total. The van der Waals surface area contributed by atoms with Crippen LogP contribution in [0.25, 0.3) is 0 Å². The quantitative estimate of drug-likeness (QED) is 0.279. The van der Waals surface area contributed by atoms with Crippen LogP contribution in [0.3, 0.4) is 0 Å². The number of phosphoric acid groups is 1. The minimum atomic E-state index is -3.97. The van der Waals surface area contributed by atoms with E-state index in [1.165, 1.54) is 12.3 Å². The largest absolute Gasteiger partial charge is 0.475 e. The molecule has 2 saturated heterocycles. The number of carbonyl (C=O) groups excluding carboxylic acids is 1. The number of esters is 1. The van der Waals surface area contributed by atoms with Gasteiger partial charge in [0.05, 0.1) is 19.3 Å². The molecule has 0 bridgehead atoms. The van der Waals surface area contributed by atoms with Crippen LogP contribution in [0.1, 0.15) is 39.8 Å². The van der Waals surface area contributed by atoms with E-state index in [9.17, 15) is 18.9 Å². The van der Waals surface area contributed by atoms with Gasteiger partial charge in [0, 0.05) is 18.7 Å². The third kappa shape index (κ3) is 5.00. The van der Waals surface area contributed by atoms with E-state index >= 15 is 0 Å². The van der Waals surface area contributed by atoms with Crippen LogP contribution < -0.4 is 11.2 Å². The smallest absolute Gasteiger partial charge is 0.463 e. The van der Waals surface area contributed by atoms with Crippen molar-refractivity contribution in [3.05, 3.63) is 33.1 Å². The van der Waals surface area contributed by atoms with Crippen LogP contribution in [0.15, 0.2) is 21.9 Å². The maximum atomic E-state index is 12.9. The molecule has 5 atom stereocenters. The topological polar surface area (TPSA) is 135 Å². The van der Waals surface area contributed by atoms with Crippen molar-refractivity contribution >= 4 is 13.8 Å². The molecule has 3 heterocycles. The standard InChI is InChI=1S/C19H25N2O9P/c1-5-19(4)16-13(29-17(19)21-9-8-14(22)20-18(21)24)11-27-31(25,30-16)26-10-6-7-15(23)28-12(2)3/h1,8-9,12-13,16-17H,6-7,10-11H2,2-4H3,(H,20,22,24)/t13-,16-,17-,19-,31?/m1/s1. The number of nitrogens with zero attached hydrogens (tertiary/aromatic N) is 1. The highest BCUT2D eigenvalue weighted by atomic mass is 31.2. The van der Waals surface area contributed by atoms with E-state index in [0.29, 0.717) is 0 Å². The van der Waals surface area contributed by atoms with Crippen LogP contribution >= 0.6 is 7.82 Å². The summed E-state index contributed by atoms with van der Waals surface area (Å²) in [6.45, 7) is 4.92. The average Bonchev–Trinajstić information content (AvgIpc) is 2.97. The van der Waals surface area contributed by atoms with Gasteiger partial charge in [-0.1, -0.05) is 5.92 Å². The van der Waals surface area contributed by atoms with Gasteiger partial charge in [-0.2, -0.15) is 0 Å². The summed E-state index contributed by atoms with van der Waals surface area (Å²) in [6.07, 6.45) is 4.55. The first-order chi connectivity index (χ1) is 14.6. The maximum Gasteiger partial charge on any atom is 0.475 e. The molecule has 2 aliphatic rings. The van der Waals surface area contributed by atoms with E-state index in [1.807, 2.05) is 0 Å². The number of fused-ring (bicyclic) bond motifs is 1. The third-order valence-electron chi connectivity index (χ3n) is 4.94. The lowest BCUT2D eigenvalue weighted by atomic mass is 9.83. The van der Waals surface area contributed by atoms with Crippen LogP contribution in [0, 0.1) is 17.8 Å². The Labute approximate surface area is 178 Å². The predicted octanol–water partition coefficient (Wildman–Crippen LogP) is 1.35. The van der Waals surface area contributed by atoms with E-state index in [2.05, 4.69) is 10.9 Å². The fourth-order valence-corrected chi connectivity index (χ4v) is 4.96.